The Balaban J connectivity index is 1.38. The fourth-order valence-electron chi connectivity index (χ4n) is 4.80. The highest BCUT2D eigenvalue weighted by Crippen LogP contribution is 2.28. The lowest BCUT2D eigenvalue weighted by Gasteiger charge is -2.32. The molecule has 1 fully saturated rings. The van der Waals surface area contributed by atoms with E-state index in [-0.39, 0.29) is 17.2 Å². The summed E-state index contributed by atoms with van der Waals surface area (Å²) in [7, 11) is 0. The minimum Gasteiger partial charge on any atom is -0.507 e. The molecule has 0 saturated carbocycles. The Bertz CT molecular complexity index is 1040. The van der Waals surface area contributed by atoms with Crippen molar-refractivity contribution in [1.82, 2.24) is 14.5 Å². The third-order valence-electron chi connectivity index (χ3n) is 6.58. The van der Waals surface area contributed by atoms with Crippen molar-refractivity contribution in [1.29, 1.82) is 0 Å². The van der Waals surface area contributed by atoms with Crippen molar-refractivity contribution in [3.05, 3.63) is 57.0 Å². The van der Waals surface area contributed by atoms with Gasteiger partial charge in [0.15, 0.2) is 0 Å². The van der Waals surface area contributed by atoms with Crippen molar-refractivity contribution in [3.63, 3.8) is 0 Å². The maximum absolute atomic E-state index is 13.3. The number of benzene rings is 1. The first kappa shape index (κ1) is 21.5. The molecular formula is C23H29FN4O3. The third kappa shape index (κ3) is 4.49. The quantitative estimate of drug-likeness (QED) is 0.434. The number of nitrogens with zero attached hydrogens (tertiary/aromatic N) is 4. The number of oxime groups is 1. The van der Waals surface area contributed by atoms with Gasteiger partial charge < -0.3 is 15.2 Å². The molecule has 0 amide bonds. The minimum atomic E-state index is -0.531. The highest BCUT2D eigenvalue weighted by atomic mass is 19.1. The summed E-state index contributed by atoms with van der Waals surface area (Å²) in [6.07, 6.45) is 5.19. The van der Waals surface area contributed by atoms with E-state index in [0.29, 0.717) is 17.7 Å². The molecular weight excluding hydrogens is 399 g/mol. The van der Waals surface area contributed by atoms with E-state index in [2.05, 4.69) is 15.0 Å². The lowest BCUT2D eigenvalue weighted by Crippen LogP contribution is -2.39. The van der Waals surface area contributed by atoms with E-state index in [1.165, 1.54) is 12.1 Å². The topological polar surface area (TPSA) is 91.0 Å². The summed E-state index contributed by atoms with van der Waals surface area (Å²) in [5.41, 5.74) is 2.52. The molecule has 31 heavy (non-hydrogen) atoms. The molecule has 4 rings (SSSR count). The number of hydrogen-bond donors (Lipinski definition) is 2. The Morgan fingerprint density at radius 3 is 2.74 bits per heavy atom. The normalized spacial score (nSPS) is 18.2. The number of rotatable bonds is 5. The van der Waals surface area contributed by atoms with Crippen LogP contribution in [-0.2, 0) is 19.4 Å². The lowest BCUT2D eigenvalue weighted by molar-refractivity contribution is 0.208. The highest BCUT2D eigenvalue weighted by molar-refractivity contribution is 6.04. The van der Waals surface area contributed by atoms with Crippen molar-refractivity contribution < 1.29 is 14.7 Å². The fourth-order valence-corrected chi connectivity index (χ4v) is 4.80. The van der Waals surface area contributed by atoms with E-state index in [9.17, 15) is 19.5 Å². The van der Waals surface area contributed by atoms with Gasteiger partial charge in [-0.15, -0.1) is 0 Å². The zero-order valence-electron chi connectivity index (χ0n) is 17.8. The average Bonchev–Trinajstić information content (AvgIpc) is 2.76. The Morgan fingerprint density at radius 2 is 2.03 bits per heavy atom. The largest absolute Gasteiger partial charge is 0.507 e. The number of aryl methyl sites for hydroxylation is 2. The van der Waals surface area contributed by atoms with Gasteiger partial charge in [-0.1, -0.05) is 5.16 Å². The van der Waals surface area contributed by atoms with Crippen LogP contribution in [0.25, 0.3) is 0 Å². The molecule has 2 aliphatic rings. The van der Waals surface area contributed by atoms with Crippen molar-refractivity contribution >= 4 is 5.71 Å². The molecule has 1 aromatic carbocycles. The van der Waals surface area contributed by atoms with Gasteiger partial charge in [-0.25, -0.2) is 9.37 Å². The van der Waals surface area contributed by atoms with Crippen molar-refractivity contribution in [3.8, 4) is 5.75 Å². The standard InChI is InChI=1S/C23H29FN4O3/c1-15-18(23(30)28-10-3-2-4-21(28)25-15)9-13-27-11-7-16(8-12-27)22(26-31)19-6-5-17(24)14-20(19)29/h5-6,14,16,29,31H,2-4,7-13H2,1H3. The van der Waals surface area contributed by atoms with Crippen LogP contribution >= 0.6 is 0 Å². The molecule has 0 radical (unpaired) electrons. The second-order valence-electron chi connectivity index (χ2n) is 8.52. The zero-order chi connectivity index (χ0) is 22.0. The fraction of sp³-hybridized carbons (Fsp3) is 0.522. The number of aromatic hydroxyl groups is 1. The van der Waals surface area contributed by atoms with E-state index in [1.54, 1.807) is 0 Å². The number of hydrogen-bond acceptors (Lipinski definition) is 6. The number of fused-ring (bicyclic) bond motifs is 1. The average molecular weight is 429 g/mol. The molecule has 0 bridgehead atoms. The summed E-state index contributed by atoms with van der Waals surface area (Å²) >= 11 is 0. The van der Waals surface area contributed by atoms with Gasteiger partial charge >= 0.3 is 0 Å². The maximum atomic E-state index is 13.3. The molecule has 2 aromatic rings. The van der Waals surface area contributed by atoms with Crippen LogP contribution in [0.5, 0.6) is 5.75 Å². The number of halogens is 1. The summed E-state index contributed by atoms with van der Waals surface area (Å²) in [4.78, 5) is 19.9. The molecule has 8 heteroatoms. The van der Waals surface area contributed by atoms with E-state index in [0.717, 1.165) is 81.4 Å². The summed E-state index contributed by atoms with van der Waals surface area (Å²) in [6, 6.07) is 3.73. The van der Waals surface area contributed by atoms with Crippen LogP contribution in [0.2, 0.25) is 0 Å². The molecule has 1 aromatic heterocycles. The van der Waals surface area contributed by atoms with Crippen molar-refractivity contribution in [2.45, 2.75) is 52.0 Å². The van der Waals surface area contributed by atoms with E-state index in [1.807, 2.05) is 11.5 Å². The van der Waals surface area contributed by atoms with Crippen LogP contribution < -0.4 is 5.56 Å². The molecule has 0 atom stereocenters. The molecule has 0 unspecified atom stereocenters. The Morgan fingerprint density at radius 1 is 1.26 bits per heavy atom. The van der Waals surface area contributed by atoms with Gasteiger partial charge in [0.1, 0.15) is 17.4 Å². The Hall–Kier alpha value is -2.74. The number of piperidine rings is 1. The maximum Gasteiger partial charge on any atom is 0.256 e. The van der Waals surface area contributed by atoms with Crippen LogP contribution in [0.3, 0.4) is 0 Å². The predicted octanol–water partition coefficient (Wildman–Crippen LogP) is 2.87. The van der Waals surface area contributed by atoms with Crippen molar-refractivity contribution in [2.75, 3.05) is 19.6 Å². The van der Waals surface area contributed by atoms with Crippen LogP contribution in [0.15, 0.2) is 28.1 Å². The lowest BCUT2D eigenvalue weighted by atomic mass is 9.87. The first-order chi connectivity index (χ1) is 15.0. The molecule has 2 aliphatic heterocycles. The van der Waals surface area contributed by atoms with Gasteiger partial charge in [0, 0.05) is 48.3 Å². The van der Waals surface area contributed by atoms with E-state index < -0.39 is 5.82 Å². The van der Waals surface area contributed by atoms with E-state index in [4.69, 9.17) is 0 Å². The van der Waals surface area contributed by atoms with Crippen molar-refractivity contribution in [2.24, 2.45) is 11.1 Å². The second kappa shape index (κ2) is 9.18. The van der Waals surface area contributed by atoms with Gasteiger partial charge in [-0.2, -0.15) is 0 Å². The molecule has 3 heterocycles. The van der Waals surface area contributed by atoms with Gasteiger partial charge in [-0.05, 0) is 64.3 Å². The SMILES string of the molecule is Cc1nc2n(c(=O)c1CCN1CCC(C(=NO)c3ccc(F)cc3O)CC1)CCCC2. The Labute approximate surface area is 180 Å². The number of aromatic nitrogens is 2. The van der Waals surface area contributed by atoms with Crippen LogP contribution in [0.1, 0.15) is 48.3 Å². The number of phenols is 1. The first-order valence-corrected chi connectivity index (χ1v) is 11.0. The molecule has 1 saturated heterocycles. The monoisotopic (exact) mass is 428 g/mol. The van der Waals surface area contributed by atoms with E-state index >= 15 is 0 Å². The smallest absolute Gasteiger partial charge is 0.256 e. The third-order valence-corrected chi connectivity index (χ3v) is 6.58. The molecule has 7 nitrogen and oxygen atoms in total. The summed E-state index contributed by atoms with van der Waals surface area (Å²) in [5, 5.41) is 23.0. The molecule has 0 spiro atoms. The predicted molar refractivity (Wildman–Crippen MR) is 115 cm³/mol. The van der Waals surface area contributed by atoms with Crippen LogP contribution in [0.4, 0.5) is 4.39 Å². The van der Waals surface area contributed by atoms with Gasteiger partial charge in [-0.3, -0.25) is 9.36 Å². The first-order valence-electron chi connectivity index (χ1n) is 11.0. The minimum absolute atomic E-state index is 0.0182. The van der Waals surface area contributed by atoms with Gasteiger partial charge in [0.25, 0.3) is 5.56 Å². The van der Waals surface area contributed by atoms with Gasteiger partial charge in [0.05, 0.1) is 5.71 Å². The number of likely N-dealkylation sites (tertiary alicyclic amines) is 1. The van der Waals surface area contributed by atoms with Gasteiger partial charge in [0.2, 0.25) is 0 Å². The molecule has 166 valence electrons. The van der Waals surface area contributed by atoms with Crippen LogP contribution in [0, 0.1) is 18.7 Å². The summed E-state index contributed by atoms with van der Waals surface area (Å²) in [6.45, 7) is 5.06. The summed E-state index contributed by atoms with van der Waals surface area (Å²) in [5.74, 6) is 0.149. The molecule has 0 aliphatic carbocycles. The van der Waals surface area contributed by atoms with Crippen LogP contribution in [-0.4, -0.2) is 50.1 Å². The molecule has 2 N–H and O–H groups in total. The second-order valence-corrected chi connectivity index (χ2v) is 8.52. The Kier molecular flexibility index (Phi) is 6.36. The summed E-state index contributed by atoms with van der Waals surface area (Å²) < 4.78 is 15.1. The highest BCUT2D eigenvalue weighted by Gasteiger charge is 2.27. The zero-order valence-corrected chi connectivity index (χ0v) is 17.8. The number of phenolic OH excluding ortho intramolecular Hbond substituents is 1.